The lowest BCUT2D eigenvalue weighted by Gasteiger charge is -2.14. The van der Waals surface area contributed by atoms with Crippen molar-refractivity contribution < 1.29 is 9.47 Å². The lowest BCUT2D eigenvalue weighted by Crippen LogP contribution is -2.06. The first-order valence-electron chi connectivity index (χ1n) is 6.90. The van der Waals surface area contributed by atoms with Gasteiger partial charge in [-0.15, -0.1) is 0 Å². The number of aromatic nitrogens is 1. The molecule has 0 bridgehead atoms. The molecule has 3 nitrogen and oxygen atoms in total. The second-order valence-electron chi connectivity index (χ2n) is 4.95. The van der Waals surface area contributed by atoms with Crippen molar-refractivity contribution >= 4 is 0 Å². The minimum atomic E-state index is 0.422. The Morgan fingerprint density at radius 2 is 1.75 bits per heavy atom. The molecule has 1 heterocycles. The van der Waals surface area contributed by atoms with Gasteiger partial charge in [0.25, 0.3) is 0 Å². The molecular formula is C17H21NO2. The van der Waals surface area contributed by atoms with E-state index in [0.29, 0.717) is 25.0 Å². The molecular weight excluding hydrogens is 250 g/mol. The zero-order valence-electron chi connectivity index (χ0n) is 12.3. The standard InChI is InChI=1S/C17H21NO2/c1-13(2)15-9-10-16(20-12-11-19-3)18-17(15)14-7-5-4-6-8-14/h4-10,13H,11-12H2,1-3H3. The molecule has 0 saturated carbocycles. The summed E-state index contributed by atoms with van der Waals surface area (Å²) in [5.74, 6) is 1.07. The van der Waals surface area contributed by atoms with E-state index in [-0.39, 0.29) is 0 Å². The SMILES string of the molecule is COCCOc1ccc(C(C)C)c(-c2ccccc2)n1. The van der Waals surface area contributed by atoms with E-state index in [1.165, 1.54) is 5.56 Å². The van der Waals surface area contributed by atoms with Gasteiger partial charge in [-0.05, 0) is 11.5 Å². The molecule has 0 aliphatic heterocycles. The van der Waals surface area contributed by atoms with Crippen LogP contribution in [0.4, 0.5) is 0 Å². The molecule has 0 fully saturated rings. The van der Waals surface area contributed by atoms with Crippen LogP contribution in [0.25, 0.3) is 11.3 Å². The Bertz CT molecular complexity index is 538. The highest BCUT2D eigenvalue weighted by Gasteiger charge is 2.11. The van der Waals surface area contributed by atoms with Gasteiger partial charge in [-0.25, -0.2) is 4.98 Å². The van der Waals surface area contributed by atoms with E-state index in [2.05, 4.69) is 37.0 Å². The summed E-state index contributed by atoms with van der Waals surface area (Å²) < 4.78 is 10.6. The van der Waals surface area contributed by atoms with Gasteiger partial charge >= 0.3 is 0 Å². The molecule has 2 aromatic rings. The molecule has 0 saturated heterocycles. The van der Waals surface area contributed by atoms with Gasteiger partial charge in [0, 0.05) is 18.7 Å². The highest BCUT2D eigenvalue weighted by Crippen LogP contribution is 2.29. The molecule has 2 rings (SSSR count). The molecule has 3 heteroatoms. The lowest BCUT2D eigenvalue weighted by atomic mass is 9.97. The van der Waals surface area contributed by atoms with Crippen LogP contribution in [0.5, 0.6) is 5.88 Å². The maximum atomic E-state index is 5.61. The average molecular weight is 271 g/mol. The van der Waals surface area contributed by atoms with Crippen molar-refractivity contribution in [1.29, 1.82) is 0 Å². The van der Waals surface area contributed by atoms with E-state index >= 15 is 0 Å². The third-order valence-electron chi connectivity index (χ3n) is 3.11. The Morgan fingerprint density at radius 3 is 2.40 bits per heavy atom. The average Bonchev–Trinajstić information content (AvgIpc) is 2.48. The fraction of sp³-hybridized carbons (Fsp3) is 0.353. The van der Waals surface area contributed by atoms with Crippen LogP contribution in [0.15, 0.2) is 42.5 Å². The van der Waals surface area contributed by atoms with Crippen LogP contribution in [0.1, 0.15) is 25.3 Å². The number of benzene rings is 1. The minimum Gasteiger partial charge on any atom is -0.475 e. The van der Waals surface area contributed by atoms with Gasteiger partial charge in [0.15, 0.2) is 0 Å². The van der Waals surface area contributed by atoms with Gasteiger partial charge in [-0.1, -0.05) is 50.2 Å². The number of nitrogens with zero attached hydrogens (tertiary/aromatic N) is 1. The second kappa shape index (κ2) is 7.06. The van der Waals surface area contributed by atoms with Crippen LogP contribution in [0, 0.1) is 0 Å². The van der Waals surface area contributed by atoms with Crippen LogP contribution < -0.4 is 4.74 Å². The number of pyridine rings is 1. The van der Waals surface area contributed by atoms with Gasteiger partial charge in [0.1, 0.15) is 6.61 Å². The summed E-state index contributed by atoms with van der Waals surface area (Å²) in [5, 5.41) is 0. The summed E-state index contributed by atoms with van der Waals surface area (Å²) in [6, 6.07) is 14.2. The molecule has 1 aromatic carbocycles. The Kier molecular flexibility index (Phi) is 5.13. The summed E-state index contributed by atoms with van der Waals surface area (Å²) in [6.45, 7) is 5.43. The van der Waals surface area contributed by atoms with Crippen molar-refractivity contribution in [3.8, 4) is 17.1 Å². The first-order chi connectivity index (χ1) is 9.72. The molecule has 0 unspecified atom stereocenters. The molecule has 20 heavy (non-hydrogen) atoms. The molecule has 0 spiro atoms. The summed E-state index contributed by atoms with van der Waals surface area (Å²) in [6.07, 6.45) is 0. The van der Waals surface area contributed by atoms with Crippen LogP contribution in [-0.2, 0) is 4.74 Å². The Hall–Kier alpha value is -1.87. The summed E-state index contributed by atoms with van der Waals surface area (Å²) in [7, 11) is 1.66. The summed E-state index contributed by atoms with van der Waals surface area (Å²) >= 11 is 0. The summed E-state index contributed by atoms with van der Waals surface area (Å²) in [5.41, 5.74) is 3.35. The molecule has 0 N–H and O–H groups in total. The third-order valence-corrected chi connectivity index (χ3v) is 3.11. The van der Waals surface area contributed by atoms with E-state index in [4.69, 9.17) is 9.47 Å². The molecule has 0 aliphatic carbocycles. The van der Waals surface area contributed by atoms with E-state index in [9.17, 15) is 0 Å². The Morgan fingerprint density at radius 1 is 1.00 bits per heavy atom. The Balaban J connectivity index is 2.33. The van der Waals surface area contributed by atoms with Crippen molar-refractivity contribution in [1.82, 2.24) is 4.98 Å². The maximum Gasteiger partial charge on any atom is 0.213 e. The number of hydrogen-bond acceptors (Lipinski definition) is 3. The highest BCUT2D eigenvalue weighted by atomic mass is 16.5. The zero-order chi connectivity index (χ0) is 14.4. The summed E-state index contributed by atoms with van der Waals surface area (Å²) in [4.78, 5) is 4.66. The Labute approximate surface area is 120 Å². The third kappa shape index (κ3) is 3.58. The first-order valence-corrected chi connectivity index (χ1v) is 6.90. The topological polar surface area (TPSA) is 31.4 Å². The number of hydrogen-bond donors (Lipinski definition) is 0. The van der Waals surface area contributed by atoms with Crippen molar-refractivity contribution in [2.45, 2.75) is 19.8 Å². The predicted molar refractivity (Wildman–Crippen MR) is 81.1 cm³/mol. The molecule has 0 aliphatic rings. The lowest BCUT2D eigenvalue weighted by molar-refractivity contribution is 0.144. The van der Waals surface area contributed by atoms with E-state index in [1.807, 2.05) is 24.3 Å². The quantitative estimate of drug-likeness (QED) is 0.747. The van der Waals surface area contributed by atoms with Crippen LogP contribution in [0.2, 0.25) is 0 Å². The predicted octanol–water partition coefficient (Wildman–Crippen LogP) is 3.90. The van der Waals surface area contributed by atoms with Crippen LogP contribution in [0.3, 0.4) is 0 Å². The van der Waals surface area contributed by atoms with Gasteiger partial charge in [0.2, 0.25) is 5.88 Å². The van der Waals surface area contributed by atoms with Crippen molar-refractivity contribution in [3.05, 3.63) is 48.0 Å². The largest absolute Gasteiger partial charge is 0.475 e. The smallest absolute Gasteiger partial charge is 0.213 e. The van der Waals surface area contributed by atoms with Gasteiger partial charge < -0.3 is 9.47 Å². The van der Waals surface area contributed by atoms with E-state index in [0.717, 1.165) is 11.3 Å². The highest BCUT2D eigenvalue weighted by molar-refractivity contribution is 5.64. The second-order valence-corrected chi connectivity index (χ2v) is 4.95. The van der Waals surface area contributed by atoms with Gasteiger partial charge in [0.05, 0.1) is 12.3 Å². The zero-order valence-corrected chi connectivity index (χ0v) is 12.3. The number of ether oxygens (including phenoxy) is 2. The first kappa shape index (κ1) is 14.5. The minimum absolute atomic E-state index is 0.422. The molecule has 1 aromatic heterocycles. The normalized spacial score (nSPS) is 10.8. The van der Waals surface area contributed by atoms with Gasteiger partial charge in [-0.3, -0.25) is 0 Å². The van der Waals surface area contributed by atoms with E-state index in [1.54, 1.807) is 7.11 Å². The van der Waals surface area contributed by atoms with Crippen molar-refractivity contribution in [2.75, 3.05) is 20.3 Å². The van der Waals surface area contributed by atoms with Crippen molar-refractivity contribution in [2.24, 2.45) is 0 Å². The number of methoxy groups -OCH3 is 1. The monoisotopic (exact) mass is 271 g/mol. The van der Waals surface area contributed by atoms with Gasteiger partial charge in [-0.2, -0.15) is 0 Å². The fourth-order valence-electron chi connectivity index (χ4n) is 2.06. The molecule has 0 radical (unpaired) electrons. The molecule has 106 valence electrons. The number of rotatable bonds is 6. The molecule has 0 atom stereocenters. The van der Waals surface area contributed by atoms with Crippen LogP contribution >= 0.6 is 0 Å². The van der Waals surface area contributed by atoms with Crippen LogP contribution in [-0.4, -0.2) is 25.3 Å². The molecule has 0 amide bonds. The maximum absolute atomic E-state index is 5.61. The fourth-order valence-corrected chi connectivity index (χ4v) is 2.06. The van der Waals surface area contributed by atoms with Crippen molar-refractivity contribution in [3.63, 3.8) is 0 Å². The van der Waals surface area contributed by atoms with E-state index < -0.39 is 0 Å².